The summed E-state index contributed by atoms with van der Waals surface area (Å²) in [5, 5.41) is 2.94. The van der Waals surface area contributed by atoms with Gasteiger partial charge in [-0.2, -0.15) is 4.98 Å². The Hall–Kier alpha value is -3.55. The van der Waals surface area contributed by atoms with E-state index in [0.29, 0.717) is 22.3 Å². The number of fused-ring (bicyclic) bond motifs is 2. The van der Waals surface area contributed by atoms with Crippen LogP contribution in [0.3, 0.4) is 0 Å². The van der Waals surface area contributed by atoms with Gasteiger partial charge in [-0.3, -0.25) is 9.20 Å². The molecule has 1 aromatic carbocycles. The highest BCUT2D eigenvalue weighted by Crippen LogP contribution is 2.26. The highest BCUT2D eigenvalue weighted by Gasteiger charge is 2.11. The van der Waals surface area contributed by atoms with Crippen molar-refractivity contribution in [2.75, 3.05) is 5.73 Å². The predicted molar refractivity (Wildman–Crippen MR) is 82.1 cm³/mol. The van der Waals surface area contributed by atoms with Gasteiger partial charge in [0, 0.05) is 11.8 Å². The second-order valence-electron chi connectivity index (χ2n) is 4.94. The molecule has 0 fully saturated rings. The average Bonchev–Trinajstić information content (AvgIpc) is 3.14. The largest absolute Gasteiger partial charge is 0.424 e. The van der Waals surface area contributed by atoms with Crippen LogP contribution in [0.15, 0.2) is 52.3 Å². The lowest BCUT2D eigenvalue weighted by Crippen LogP contribution is -1.97. The molecule has 4 rings (SSSR count). The van der Waals surface area contributed by atoms with Crippen molar-refractivity contribution in [3.05, 3.63) is 48.3 Å². The molecule has 112 valence electrons. The van der Waals surface area contributed by atoms with E-state index in [1.54, 1.807) is 35.0 Å². The molecular formula is C15H10N6O2. The fourth-order valence-electron chi connectivity index (χ4n) is 2.49. The lowest BCUT2D eigenvalue weighted by molar-refractivity contribution is 0.0990. The van der Waals surface area contributed by atoms with Crippen LogP contribution in [0, 0.1) is 5.53 Å². The van der Waals surface area contributed by atoms with Crippen molar-refractivity contribution in [1.29, 1.82) is 5.53 Å². The number of anilines is 1. The fraction of sp³-hybridized carbons (Fsp3) is 0. The molecule has 0 aliphatic carbocycles. The molecule has 8 heteroatoms. The molecule has 3 heterocycles. The van der Waals surface area contributed by atoms with E-state index in [9.17, 15) is 4.79 Å². The Balaban J connectivity index is 1.92. The van der Waals surface area contributed by atoms with Crippen molar-refractivity contribution >= 4 is 28.7 Å². The Bertz CT molecular complexity index is 1080. The molecule has 3 aromatic heterocycles. The molecule has 0 radical (unpaired) electrons. The second-order valence-corrected chi connectivity index (χ2v) is 4.94. The molecule has 0 saturated carbocycles. The van der Waals surface area contributed by atoms with Gasteiger partial charge in [-0.05, 0) is 30.3 Å². The summed E-state index contributed by atoms with van der Waals surface area (Å²) in [4.78, 5) is 20.0. The molecule has 0 aliphatic rings. The number of nitrogen functional groups attached to an aromatic ring is 1. The minimum absolute atomic E-state index is 0.111. The summed E-state index contributed by atoms with van der Waals surface area (Å²) in [6.07, 6.45) is 3.31. The fourth-order valence-corrected chi connectivity index (χ4v) is 2.49. The van der Waals surface area contributed by atoms with Crippen LogP contribution in [0.5, 0.6) is 0 Å². The number of benzene rings is 1. The molecule has 0 spiro atoms. The minimum Gasteiger partial charge on any atom is -0.424 e. The van der Waals surface area contributed by atoms with Crippen molar-refractivity contribution in [2.45, 2.75) is 0 Å². The zero-order valence-corrected chi connectivity index (χ0v) is 11.7. The zero-order chi connectivity index (χ0) is 16.0. The summed E-state index contributed by atoms with van der Waals surface area (Å²) in [6, 6.07) is 8.88. The van der Waals surface area contributed by atoms with Gasteiger partial charge in [0.05, 0.1) is 17.5 Å². The van der Waals surface area contributed by atoms with Crippen LogP contribution >= 0.6 is 0 Å². The van der Waals surface area contributed by atoms with E-state index in [1.807, 2.05) is 12.1 Å². The number of nitrogens with one attached hydrogen (secondary N) is 1. The van der Waals surface area contributed by atoms with Gasteiger partial charge in [-0.25, -0.2) is 10.5 Å². The molecule has 0 atom stereocenters. The maximum atomic E-state index is 11.6. The van der Waals surface area contributed by atoms with E-state index in [4.69, 9.17) is 15.7 Å². The predicted octanol–water partition coefficient (Wildman–Crippen LogP) is 2.90. The molecule has 3 N–H and O–H groups in total. The molecule has 0 unspecified atom stereocenters. The first-order valence-corrected chi connectivity index (χ1v) is 6.71. The third-order valence-electron chi connectivity index (χ3n) is 3.55. The number of oxazole rings is 1. The Morgan fingerprint density at radius 2 is 2.17 bits per heavy atom. The van der Waals surface area contributed by atoms with Gasteiger partial charge in [-0.1, -0.05) is 0 Å². The SMILES string of the molecule is N=NC(=O)c1ccc2ncc(-c3ccc4oc(N)nc4c3)n2c1. The van der Waals surface area contributed by atoms with Gasteiger partial charge in [0.1, 0.15) is 11.2 Å². The summed E-state index contributed by atoms with van der Waals surface area (Å²) in [5.74, 6) is -0.605. The Kier molecular flexibility index (Phi) is 2.70. The standard InChI is InChI=1S/C15H10N6O2/c16-15-19-10-5-8(1-3-12(10)23-15)11-6-18-13-4-2-9(7-21(11)13)14(22)20-17/h1-7,17H,(H2,16,19). The number of amides is 1. The van der Waals surface area contributed by atoms with E-state index >= 15 is 0 Å². The van der Waals surface area contributed by atoms with Crippen LogP contribution in [-0.2, 0) is 0 Å². The average molecular weight is 306 g/mol. The van der Waals surface area contributed by atoms with Gasteiger partial charge >= 0.3 is 0 Å². The molecule has 0 bridgehead atoms. The zero-order valence-electron chi connectivity index (χ0n) is 11.7. The normalized spacial score (nSPS) is 11.1. The molecular weight excluding hydrogens is 296 g/mol. The number of hydrogen-bond donors (Lipinski definition) is 2. The highest BCUT2D eigenvalue weighted by atomic mass is 16.4. The smallest absolute Gasteiger partial charge is 0.296 e. The number of imidazole rings is 1. The second kappa shape index (κ2) is 4.73. The quantitative estimate of drug-likeness (QED) is 0.551. The van der Waals surface area contributed by atoms with Crippen LogP contribution in [0.25, 0.3) is 28.0 Å². The summed E-state index contributed by atoms with van der Waals surface area (Å²) in [5.41, 5.74) is 16.3. The lowest BCUT2D eigenvalue weighted by Gasteiger charge is -2.03. The maximum absolute atomic E-state index is 11.6. The van der Waals surface area contributed by atoms with Crippen molar-refractivity contribution < 1.29 is 9.21 Å². The number of pyridine rings is 1. The van der Waals surface area contributed by atoms with Crippen LogP contribution in [0.2, 0.25) is 0 Å². The lowest BCUT2D eigenvalue weighted by atomic mass is 10.1. The van der Waals surface area contributed by atoms with E-state index in [0.717, 1.165) is 11.3 Å². The van der Waals surface area contributed by atoms with Gasteiger partial charge in [-0.15, -0.1) is 5.11 Å². The first-order chi connectivity index (χ1) is 11.2. The molecule has 4 aromatic rings. The third-order valence-corrected chi connectivity index (χ3v) is 3.55. The van der Waals surface area contributed by atoms with Crippen LogP contribution in [-0.4, -0.2) is 20.3 Å². The van der Waals surface area contributed by atoms with Crippen LogP contribution in [0.4, 0.5) is 6.01 Å². The van der Waals surface area contributed by atoms with Gasteiger partial charge in [0.15, 0.2) is 5.58 Å². The monoisotopic (exact) mass is 306 g/mol. The van der Waals surface area contributed by atoms with Gasteiger partial charge in [0.2, 0.25) is 0 Å². The number of carbonyl (C=O) groups excluding carboxylic acids is 1. The molecule has 0 aliphatic heterocycles. The topological polar surface area (TPSA) is 123 Å². The highest BCUT2D eigenvalue weighted by molar-refractivity contribution is 5.94. The number of aromatic nitrogens is 3. The summed E-state index contributed by atoms with van der Waals surface area (Å²) in [6.45, 7) is 0. The third kappa shape index (κ3) is 2.04. The van der Waals surface area contributed by atoms with Crippen molar-refractivity contribution in [3.8, 4) is 11.3 Å². The number of carbonyl (C=O) groups is 1. The number of hydrogen-bond acceptors (Lipinski definition) is 6. The summed E-state index contributed by atoms with van der Waals surface area (Å²) < 4.78 is 7.03. The Morgan fingerprint density at radius 3 is 3.00 bits per heavy atom. The Labute approximate surface area is 129 Å². The van der Waals surface area contributed by atoms with Gasteiger partial charge < -0.3 is 10.2 Å². The molecule has 8 nitrogen and oxygen atoms in total. The van der Waals surface area contributed by atoms with Crippen molar-refractivity contribution in [2.24, 2.45) is 5.11 Å². The van der Waals surface area contributed by atoms with Crippen molar-refractivity contribution in [1.82, 2.24) is 14.4 Å². The van der Waals surface area contributed by atoms with E-state index < -0.39 is 5.91 Å². The number of rotatable bonds is 2. The number of nitrogens with zero attached hydrogens (tertiary/aromatic N) is 4. The van der Waals surface area contributed by atoms with Crippen molar-refractivity contribution in [3.63, 3.8) is 0 Å². The van der Waals surface area contributed by atoms with Crippen LogP contribution < -0.4 is 5.73 Å². The Morgan fingerprint density at radius 1 is 1.30 bits per heavy atom. The maximum Gasteiger partial charge on any atom is 0.296 e. The van der Waals surface area contributed by atoms with Gasteiger partial charge in [0.25, 0.3) is 11.9 Å². The first kappa shape index (κ1) is 13.1. The van der Waals surface area contributed by atoms with E-state index in [-0.39, 0.29) is 6.01 Å². The molecule has 0 saturated heterocycles. The molecule has 23 heavy (non-hydrogen) atoms. The van der Waals surface area contributed by atoms with E-state index in [2.05, 4.69) is 15.1 Å². The minimum atomic E-state index is -0.605. The van der Waals surface area contributed by atoms with E-state index in [1.165, 1.54) is 0 Å². The molecule has 1 amide bonds. The number of nitrogens with two attached hydrogens (primary N) is 1. The summed E-state index contributed by atoms with van der Waals surface area (Å²) >= 11 is 0. The summed E-state index contributed by atoms with van der Waals surface area (Å²) in [7, 11) is 0. The first-order valence-electron chi connectivity index (χ1n) is 6.71. The van der Waals surface area contributed by atoms with Crippen LogP contribution in [0.1, 0.15) is 10.4 Å².